The molecule has 1 aromatic carbocycles. The lowest BCUT2D eigenvalue weighted by molar-refractivity contribution is -0.128. The minimum atomic E-state index is -0.350. The van der Waals surface area contributed by atoms with Crippen LogP contribution in [0.3, 0.4) is 0 Å². The fourth-order valence-electron chi connectivity index (χ4n) is 3.45. The Morgan fingerprint density at radius 2 is 2.00 bits per heavy atom. The number of likely N-dealkylation sites (tertiary alicyclic amines) is 1. The number of amides is 2. The van der Waals surface area contributed by atoms with Gasteiger partial charge in [-0.15, -0.1) is 0 Å². The van der Waals surface area contributed by atoms with Gasteiger partial charge in [-0.25, -0.2) is 4.98 Å². The van der Waals surface area contributed by atoms with Crippen LogP contribution >= 0.6 is 0 Å². The van der Waals surface area contributed by atoms with E-state index in [0.717, 1.165) is 5.56 Å². The molecule has 3 rings (SSSR count). The molecule has 1 N–H and O–H groups in total. The number of carbonyl (C=O) groups is 2. The maximum atomic E-state index is 12.8. The number of hydrogen-bond donors (Lipinski definition) is 1. The van der Waals surface area contributed by atoms with Crippen molar-refractivity contribution in [2.75, 3.05) is 27.3 Å². The molecule has 8 heteroatoms. The Hall–Kier alpha value is -3.68. The lowest BCUT2D eigenvalue weighted by Crippen LogP contribution is -2.38. The highest BCUT2D eigenvalue weighted by Crippen LogP contribution is 2.32. The molecule has 1 aromatic heterocycles. The van der Waals surface area contributed by atoms with Gasteiger partial charge in [0.25, 0.3) is 5.91 Å². The van der Waals surface area contributed by atoms with Crippen LogP contribution in [0.15, 0.2) is 37.6 Å². The van der Waals surface area contributed by atoms with Crippen LogP contribution in [-0.2, 0) is 9.59 Å². The third kappa shape index (κ3) is 4.74. The summed E-state index contributed by atoms with van der Waals surface area (Å²) in [5.41, 5.74) is 2.30. The molecule has 1 unspecified atom stereocenters. The summed E-state index contributed by atoms with van der Waals surface area (Å²) in [7, 11) is 3.12. The van der Waals surface area contributed by atoms with Crippen molar-refractivity contribution in [3.05, 3.63) is 48.9 Å². The van der Waals surface area contributed by atoms with Gasteiger partial charge in [-0.2, -0.15) is 0 Å². The number of methoxy groups -OCH3 is 2. The van der Waals surface area contributed by atoms with Gasteiger partial charge < -0.3 is 19.7 Å². The molecule has 0 aliphatic carbocycles. The largest absolute Gasteiger partial charge is 0.493 e. The lowest BCUT2D eigenvalue weighted by Gasteiger charge is -2.16. The molecule has 1 saturated heterocycles. The Morgan fingerprint density at radius 1 is 1.26 bits per heavy atom. The second-order valence-corrected chi connectivity index (χ2v) is 7.17. The summed E-state index contributed by atoms with van der Waals surface area (Å²) in [6, 6.07) is 5.28. The van der Waals surface area contributed by atoms with E-state index in [0.29, 0.717) is 48.1 Å². The molecule has 162 valence electrons. The Kier molecular flexibility index (Phi) is 6.69. The van der Waals surface area contributed by atoms with Gasteiger partial charge in [-0.05, 0) is 30.7 Å². The second-order valence-electron chi connectivity index (χ2n) is 7.17. The van der Waals surface area contributed by atoms with Crippen LogP contribution in [0.25, 0.3) is 22.9 Å². The fourth-order valence-corrected chi connectivity index (χ4v) is 3.45. The molecule has 2 heterocycles. The first kappa shape index (κ1) is 22.0. The molecule has 0 saturated carbocycles. The lowest BCUT2D eigenvalue weighted by atomic mass is 10.1. The Bertz CT molecular complexity index is 1030. The zero-order valence-corrected chi connectivity index (χ0v) is 18.0. The average Bonchev–Trinajstić information content (AvgIpc) is 3.26. The number of hydrogen-bond acceptors (Lipinski definition) is 6. The number of nitrogens with one attached hydrogen (secondary N) is 1. The number of carbonyl (C=O) groups excluding carboxylic acids is 2. The Balaban J connectivity index is 1.85. The van der Waals surface area contributed by atoms with Crippen LogP contribution in [0.5, 0.6) is 11.5 Å². The molecule has 0 bridgehead atoms. The number of aromatic nitrogens is 2. The summed E-state index contributed by atoms with van der Waals surface area (Å²) in [6.45, 7) is 10.3. The number of rotatable bonds is 7. The summed E-state index contributed by atoms with van der Waals surface area (Å²) in [6.07, 6.45) is 3.84. The highest BCUT2D eigenvalue weighted by molar-refractivity contribution is 6.19. The van der Waals surface area contributed by atoms with E-state index in [4.69, 9.17) is 9.47 Å². The molecule has 0 spiro atoms. The number of nitrogens with zero attached hydrogens (tertiary/aromatic N) is 3. The third-order valence-corrected chi connectivity index (χ3v) is 5.20. The van der Waals surface area contributed by atoms with Gasteiger partial charge in [-0.3, -0.25) is 14.6 Å². The van der Waals surface area contributed by atoms with Crippen LogP contribution in [-0.4, -0.2) is 60.0 Å². The first-order valence-corrected chi connectivity index (χ1v) is 9.85. The van der Waals surface area contributed by atoms with Crippen molar-refractivity contribution >= 4 is 23.5 Å². The molecular weight excluding hydrogens is 396 g/mol. The van der Waals surface area contributed by atoms with Crippen molar-refractivity contribution in [2.24, 2.45) is 0 Å². The minimum Gasteiger partial charge on any atom is -0.493 e. The Morgan fingerprint density at radius 3 is 2.61 bits per heavy atom. The molecule has 1 aliphatic rings. The van der Waals surface area contributed by atoms with E-state index in [1.54, 1.807) is 37.4 Å². The second kappa shape index (κ2) is 9.42. The normalized spacial score (nSPS) is 15.3. The van der Waals surface area contributed by atoms with Crippen LogP contribution < -0.4 is 14.8 Å². The van der Waals surface area contributed by atoms with E-state index in [-0.39, 0.29) is 23.4 Å². The van der Waals surface area contributed by atoms with Gasteiger partial charge in [0.15, 0.2) is 11.5 Å². The molecular formula is C23H26N4O4. The highest BCUT2D eigenvalue weighted by atomic mass is 16.5. The molecule has 0 radical (unpaired) electrons. The maximum absolute atomic E-state index is 12.8. The van der Waals surface area contributed by atoms with Crippen molar-refractivity contribution in [1.29, 1.82) is 0 Å². The summed E-state index contributed by atoms with van der Waals surface area (Å²) < 4.78 is 10.6. The third-order valence-electron chi connectivity index (χ3n) is 5.20. The predicted molar refractivity (Wildman–Crippen MR) is 118 cm³/mol. The summed E-state index contributed by atoms with van der Waals surface area (Å²) in [5.74, 6) is 0.807. The number of benzene rings is 1. The molecule has 1 aliphatic heterocycles. The van der Waals surface area contributed by atoms with E-state index >= 15 is 0 Å². The molecule has 2 aromatic rings. The summed E-state index contributed by atoms with van der Waals surface area (Å²) in [5, 5.41) is 2.93. The van der Waals surface area contributed by atoms with Gasteiger partial charge in [0, 0.05) is 31.6 Å². The Labute approximate surface area is 181 Å². The SMILES string of the molecule is C=Cc1ncc(-c2ccc(OC)c(OC)c2)nc1C(=C)C(=O)NC1CCN(C(C)=O)C1. The van der Waals surface area contributed by atoms with E-state index in [1.807, 2.05) is 6.07 Å². The van der Waals surface area contributed by atoms with Crippen molar-refractivity contribution in [3.8, 4) is 22.8 Å². The van der Waals surface area contributed by atoms with E-state index in [2.05, 4.69) is 28.4 Å². The minimum absolute atomic E-state index is 0.00185. The van der Waals surface area contributed by atoms with E-state index in [9.17, 15) is 9.59 Å². The quantitative estimate of drug-likeness (QED) is 0.690. The predicted octanol–water partition coefficient (Wildman–Crippen LogP) is 2.55. The van der Waals surface area contributed by atoms with Gasteiger partial charge in [0.2, 0.25) is 5.91 Å². The van der Waals surface area contributed by atoms with Crippen molar-refractivity contribution in [3.63, 3.8) is 0 Å². The van der Waals surface area contributed by atoms with Gasteiger partial charge >= 0.3 is 0 Å². The van der Waals surface area contributed by atoms with Gasteiger partial charge in [0.05, 0.1) is 37.4 Å². The highest BCUT2D eigenvalue weighted by Gasteiger charge is 2.27. The van der Waals surface area contributed by atoms with E-state index < -0.39 is 0 Å². The zero-order valence-electron chi connectivity index (χ0n) is 18.0. The molecule has 8 nitrogen and oxygen atoms in total. The summed E-state index contributed by atoms with van der Waals surface area (Å²) >= 11 is 0. The molecule has 31 heavy (non-hydrogen) atoms. The van der Waals surface area contributed by atoms with Crippen molar-refractivity contribution in [1.82, 2.24) is 20.2 Å². The summed E-state index contributed by atoms with van der Waals surface area (Å²) in [4.78, 5) is 35.1. The topological polar surface area (TPSA) is 93.7 Å². The fraction of sp³-hybridized carbons (Fsp3) is 0.304. The first-order valence-electron chi connectivity index (χ1n) is 9.85. The van der Waals surface area contributed by atoms with Gasteiger partial charge in [0.1, 0.15) is 5.69 Å². The van der Waals surface area contributed by atoms with Crippen molar-refractivity contribution in [2.45, 2.75) is 19.4 Å². The first-order chi connectivity index (χ1) is 14.9. The smallest absolute Gasteiger partial charge is 0.253 e. The molecule has 2 amide bonds. The van der Waals surface area contributed by atoms with E-state index in [1.165, 1.54) is 13.0 Å². The average molecular weight is 422 g/mol. The molecule has 1 fully saturated rings. The van der Waals surface area contributed by atoms with Crippen LogP contribution in [0.4, 0.5) is 0 Å². The zero-order chi connectivity index (χ0) is 22.5. The maximum Gasteiger partial charge on any atom is 0.253 e. The monoisotopic (exact) mass is 422 g/mol. The van der Waals surface area contributed by atoms with Crippen LogP contribution in [0, 0.1) is 0 Å². The number of ether oxygens (including phenoxy) is 2. The van der Waals surface area contributed by atoms with Crippen LogP contribution in [0.2, 0.25) is 0 Å². The molecule has 1 atom stereocenters. The van der Waals surface area contributed by atoms with Crippen molar-refractivity contribution < 1.29 is 19.1 Å². The van der Waals surface area contributed by atoms with Crippen LogP contribution in [0.1, 0.15) is 24.7 Å². The van der Waals surface area contributed by atoms with Gasteiger partial charge in [-0.1, -0.05) is 13.2 Å². The standard InChI is InChI=1S/C23H26N4O4/c1-6-18-22(14(2)23(29)25-17-9-10-27(13-17)15(3)28)26-19(12-24-18)16-7-8-20(30-4)21(11-16)31-5/h6-8,11-12,17H,1-2,9-10,13H2,3-5H3,(H,25,29).